The van der Waals surface area contributed by atoms with E-state index in [1.54, 1.807) is 0 Å². The Kier molecular flexibility index (Phi) is 7.33. The van der Waals surface area contributed by atoms with Gasteiger partial charge in [0.15, 0.2) is 0 Å². The lowest BCUT2D eigenvalue weighted by atomic mass is 9.89. The number of amides is 1. The molecule has 0 bridgehead atoms. The Balaban J connectivity index is 2.26. The molecule has 1 aliphatic rings. The Bertz CT molecular complexity index is 367. The topological polar surface area (TPSA) is 70.6 Å². The molecule has 1 unspecified atom stereocenters. The van der Waals surface area contributed by atoms with Gasteiger partial charge in [0.2, 0.25) is 0 Å². The van der Waals surface area contributed by atoms with Gasteiger partial charge in [-0.3, -0.25) is 0 Å². The van der Waals surface area contributed by atoms with E-state index in [-0.39, 0.29) is 12.1 Å². The van der Waals surface area contributed by atoms with Gasteiger partial charge in [-0.15, -0.1) is 0 Å². The maximum Gasteiger partial charge on any atom is 0.407 e. The summed E-state index contributed by atoms with van der Waals surface area (Å²) in [5.74, 6) is 0.487. The number of nitrogens with one attached hydrogen (secondary N) is 2. The molecular formula is C18H36N2O3. The third-order valence-corrected chi connectivity index (χ3v) is 4.07. The molecule has 0 spiro atoms. The van der Waals surface area contributed by atoms with Crippen molar-refractivity contribution in [1.29, 1.82) is 0 Å². The van der Waals surface area contributed by atoms with E-state index in [1.165, 1.54) is 0 Å². The van der Waals surface area contributed by atoms with Crippen molar-refractivity contribution in [3.05, 3.63) is 0 Å². The molecule has 0 aromatic rings. The minimum Gasteiger partial charge on any atom is -0.444 e. The summed E-state index contributed by atoms with van der Waals surface area (Å²) in [4.78, 5) is 11.8. The van der Waals surface area contributed by atoms with Crippen LogP contribution in [0.5, 0.6) is 0 Å². The predicted octanol–water partition coefficient (Wildman–Crippen LogP) is 3.21. The van der Waals surface area contributed by atoms with Crippen LogP contribution in [0.25, 0.3) is 0 Å². The van der Waals surface area contributed by atoms with Gasteiger partial charge >= 0.3 is 6.09 Å². The molecule has 5 heteroatoms. The number of hydrogen-bond donors (Lipinski definition) is 3. The van der Waals surface area contributed by atoms with Gasteiger partial charge in [-0.1, -0.05) is 13.8 Å². The molecule has 0 heterocycles. The van der Waals surface area contributed by atoms with E-state index in [2.05, 4.69) is 24.5 Å². The van der Waals surface area contributed by atoms with Gasteiger partial charge in [-0.25, -0.2) is 4.79 Å². The molecule has 136 valence electrons. The minimum absolute atomic E-state index is 0.194. The Labute approximate surface area is 141 Å². The third-order valence-electron chi connectivity index (χ3n) is 4.07. The fraction of sp³-hybridized carbons (Fsp3) is 0.944. The van der Waals surface area contributed by atoms with Gasteiger partial charge in [0.1, 0.15) is 5.60 Å². The molecule has 1 amide bonds. The van der Waals surface area contributed by atoms with E-state index in [4.69, 9.17) is 4.74 Å². The minimum atomic E-state index is -0.653. The zero-order valence-electron chi connectivity index (χ0n) is 15.7. The van der Waals surface area contributed by atoms with Gasteiger partial charge in [0.05, 0.1) is 5.60 Å². The number of carbonyl (C=O) groups excluding carboxylic acids is 1. The molecule has 0 aromatic heterocycles. The van der Waals surface area contributed by atoms with Crippen LogP contribution in [-0.2, 0) is 4.74 Å². The lowest BCUT2D eigenvalue weighted by Crippen LogP contribution is -2.47. The van der Waals surface area contributed by atoms with Gasteiger partial charge < -0.3 is 20.5 Å². The van der Waals surface area contributed by atoms with Crippen molar-refractivity contribution < 1.29 is 14.6 Å². The summed E-state index contributed by atoms with van der Waals surface area (Å²) >= 11 is 0. The molecule has 0 aliphatic heterocycles. The highest BCUT2D eigenvalue weighted by molar-refractivity contribution is 5.68. The first-order valence-corrected chi connectivity index (χ1v) is 8.92. The summed E-state index contributed by atoms with van der Waals surface area (Å²) in [6.07, 6.45) is 4.40. The number of ether oxygens (including phenoxy) is 1. The normalized spacial score (nSPS) is 25.0. The van der Waals surface area contributed by atoms with Crippen molar-refractivity contribution in [2.45, 2.75) is 96.9 Å². The number of carbonyl (C=O) groups is 1. The molecule has 1 aliphatic carbocycles. The van der Waals surface area contributed by atoms with E-state index < -0.39 is 11.2 Å². The molecule has 23 heavy (non-hydrogen) atoms. The molecule has 1 saturated carbocycles. The zero-order chi connectivity index (χ0) is 17.7. The third kappa shape index (κ3) is 9.16. The van der Waals surface area contributed by atoms with Crippen LogP contribution in [0.4, 0.5) is 4.79 Å². The second-order valence-corrected chi connectivity index (χ2v) is 8.67. The van der Waals surface area contributed by atoms with Crippen molar-refractivity contribution in [3.63, 3.8) is 0 Å². The smallest absolute Gasteiger partial charge is 0.407 e. The number of aliphatic hydroxyl groups is 1. The van der Waals surface area contributed by atoms with E-state index >= 15 is 0 Å². The van der Waals surface area contributed by atoms with E-state index in [9.17, 15) is 9.90 Å². The van der Waals surface area contributed by atoms with Crippen LogP contribution in [0.3, 0.4) is 0 Å². The highest BCUT2D eigenvalue weighted by Gasteiger charge is 2.27. The van der Waals surface area contributed by atoms with E-state index in [1.807, 2.05) is 27.7 Å². The Morgan fingerprint density at radius 1 is 1.13 bits per heavy atom. The fourth-order valence-electron chi connectivity index (χ4n) is 3.23. The van der Waals surface area contributed by atoms with Crippen molar-refractivity contribution in [1.82, 2.24) is 10.6 Å². The van der Waals surface area contributed by atoms with E-state index in [0.717, 1.165) is 32.1 Å². The number of rotatable bonds is 6. The van der Waals surface area contributed by atoms with Gasteiger partial charge in [0.25, 0.3) is 0 Å². The van der Waals surface area contributed by atoms with Crippen LogP contribution in [0.2, 0.25) is 0 Å². The largest absolute Gasteiger partial charge is 0.444 e. The number of alkyl carbamates (subject to hydrolysis) is 1. The summed E-state index contributed by atoms with van der Waals surface area (Å²) in [7, 11) is 0. The van der Waals surface area contributed by atoms with Crippen molar-refractivity contribution in [2.75, 3.05) is 6.54 Å². The maximum atomic E-state index is 11.8. The fourth-order valence-corrected chi connectivity index (χ4v) is 3.23. The SMILES string of the molecule is CC(C)CC(C)(O)CNC1CCC(NC(=O)OC(C)(C)C)CC1. The second kappa shape index (κ2) is 8.34. The van der Waals surface area contributed by atoms with Gasteiger partial charge in [0, 0.05) is 18.6 Å². The highest BCUT2D eigenvalue weighted by Crippen LogP contribution is 2.21. The summed E-state index contributed by atoms with van der Waals surface area (Å²) in [5, 5.41) is 16.8. The van der Waals surface area contributed by atoms with Gasteiger partial charge in [-0.2, -0.15) is 0 Å². The Morgan fingerprint density at radius 3 is 2.13 bits per heavy atom. The van der Waals surface area contributed by atoms with Crippen LogP contribution in [0.1, 0.15) is 73.6 Å². The molecular weight excluding hydrogens is 292 g/mol. The summed E-state index contributed by atoms with van der Waals surface area (Å²) in [6, 6.07) is 0.615. The predicted molar refractivity (Wildman–Crippen MR) is 93.5 cm³/mol. The molecule has 5 nitrogen and oxygen atoms in total. The van der Waals surface area contributed by atoms with Crippen LogP contribution < -0.4 is 10.6 Å². The van der Waals surface area contributed by atoms with Crippen LogP contribution in [0.15, 0.2) is 0 Å². The summed E-state index contributed by atoms with van der Waals surface area (Å²) in [5.41, 5.74) is -1.11. The zero-order valence-corrected chi connectivity index (χ0v) is 15.7. The average Bonchev–Trinajstić information content (AvgIpc) is 2.34. The Hall–Kier alpha value is -0.810. The monoisotopic (exact) mass is 328 g/mol. The van der Waals surface area contributed by atoms with Crippen LogP contribution in [-0.4, -0.2) is 41.0 Å². The molecule has 0 aromatic carbocycles. The molecule has 1 rings (SSSR count). The first kappa shape index (κ1) is 20.2. The quantitative estimate of drug-likeness (QED) is 0.700. The second-order valence-electron chi connectivity index (χ2n) is 8.67. The van der Waals surface area contributed by atoms with Crippen molar-refractivity contribution in [3.8, 4) is 0 Å². The lowest BCUT2D eigenvalue weighted by Gasteiger charge is -2.33. The molecule has 1 atom stereocenters. The summed E-state index contributed by atoms with van der Waals surface area (Å²) < 4.78 is 5.30. The first-order chi connectivity index (χ1) is 10.5. The van der Waals surface area contributed by atoms with Crippen molar-refractivity contribution in [2.24, 2.45) is 5.92 Å². The lowest BCUT2D eigenvalue weighted by molar-refractivity contribution is 0.0339. The summed E-state index contributed by atoms with van der Waals surface area (Å²) in [6.45, 7) is 12.4. The molecule has 3 N–H and O–H groups in total. The Morgan fingerprint density at radius 2 is 1.65 bits per heavy atom. The maximum absolute atomic E-state index is 11.8. The van der Waals surface area contributed by atoms with Crippen LogP contribution >= 0.6 is 0 Å². The molecule has 1 fully saturated rings. The standard InChI is InChI=1S/C18H36N2O3/c1-13(2)11-18(6,22)12-19-14-7-9-15(10-8-14)20-16(21)23-17(3,4)5/h13-15,19,22H,7-12H2,1-6H3,(H,20,21). The van der Waals surface area contributed by atoms with Crippen molar-refractivity contribution >= 4 is 6.09 Å². The van der Waals surface area contributed by atoms with Crippen LogP contribution in [0, 0.1) is 5.92 Å². The highest BCUT2D eigenvalue weighted by atomic mass is 16.6. The van der Waals surface area contributed by atoms with E-state index in [0.29, 0.717) is 18.5 Å². The first-order valence-electron chi connectivity index (χ1n) is 8.92. The number of hydrogen-bond acceptors (Lipinski definition) is 4. The van der Waals surface area contributed by atoms with Gasteiger partial charge in [-0.05, 0) is 65.7 Å². The molecule has 0 radical (unpaired) electrons. The average molecular weight is 328 g/mol. The molecule has 0 saturated heterocycles.